The smallest absolute Gasteiger partial charge is 0.281 e. The van der Waals surface area contributed by atoms with Gasteiger partial charge in [0.25, 0.3) is 10.2 Å². The Hall–Kier alpha value is -0.170. The Kier molecular flexibility index (Phi) is 7.28. The molecule has 1 atom stereocenters. The third-order valence-electron chi connectivity index (χ3n) is 3.68. The maximum Gasteiger partial charge on any atom is 0.281 e. The van der Waals surface area contributed by atoms with Crippen LogP contribution in [0.1, 0.15) is 46.0 Å². The number of hydrogen-bond donors (Lipinski definition) is 1. The van der Waals surface area contributed by atoms with Crippen molar-refractivity contribution in [3.8, 4) is 0 Å². The van der Waals surface area contributed by atoms with Gasteiger partial charge < -0.3 is 5.11 Å². The molecule has 1 N–H and O–H groups in total. The maximum atomic E-state index is 12.6. The molecule has 0 radical (unpaired) electrons. The molecule has 1 heterocycles. The molecule has 0 aromatic rings. The van der Waals surface area contributed by atoms with Crippen LogP contribution in [0.4, 0.5) is 0 Å². The van der Waals surface area contributed by atoms with Gasteiger partial charge in [-0.05, 0) is 25.2 Å². The van der Waals surface area contributed by atoms with E-state index in [1.165, 1.54) is 0 Å². The van der Waals surface area contributed by atoms with Gasteiger partial charge in [0.05, 0.1) is 0 Å². The number of rotatable bonds is 9. The van der Waals surface area contributed by atoms with Gasteiger partial charge in [0.1, 0.15) is 0 Å². The van der Waals surface area contributed by atoms with Gasteiger partial charge in [0, 0.05) is 32.8 Å². The molecule has 0 aromatic heterocycles. The molecule has 1 fully saturated rings. The predicted octanol–water partition coefficient (Wildman–Crippen LogP) is 1.45. The third-order valence-corrected chi connectivity index (χ3v) is 5.68. The Labute approximate surface area is 117 Å². The normalized spacial score (nSPS) is 21.4. The van der Waals surface area contributed by atoms with Gasteiger partial charge in [-0.3, -0.25) is 0 Å². The minimum Gasteiger partial charge on any atom is -0.396 e. The van der Waals surface area contributed by atoms with Gasteiger partial charge in [0.15, 0.2) is 0 Å². The summed E-state index contributed by atoms with van der Waals surface area (Å²) in [6.07, 6.45) is 4.57. The lowest BCUT2D eigenvalue weighted by Gasteiger charge is -2.27. The van der Waals surface area contributed by atoms with E-state index in [0.29, 0.717) is 26.2 Å². The van der Waals surface area contributed by atoms with E-state index in [2.05, 4.69) is 13.8 Å². The molecule has 1 saturated heterocycles. The molecule has 0 saturated carbocycles. The molecule has 0 spiro atoms. The maximum absolute atomic E-state index is 12.6. The van der Waals surface area contributed by atoms with Crippen molar-refractivity contribution in [1.29, 1.82) is 0 Å². The minimum atomic E-state index is -3.33. The second kappa shape index (κ2) is 8.19. The van der Waals surface area contributed by atoms with Crippen molar-refractivity contribution in [2.75, 3.05) is 32.8 Å². The molecule has 114 valence electrons. The van der Waals surface area contributed by atoms with E-state index >= 15 is 0 Å². The van der Waals surface area contributed by atoms with Gasteiger partial charge in [-0.2, -0.15) is 17.0 Å². The molecule has 0 unspecified atom stereocenters. The summed E-state index contributed by atoms with van der Waals surface area (Å²) in [6, 6.07) is 0. The highest BCUT2D eigenvalue weighted by molar-refractivity contribution is 7.86. The summed E-state index contributed by atoms with van der Waals surface area (Å²) in [7, 11) is -3.33. The molecule has 1 rings (SSSR count). The summed E-state index contributed by atoms with van der Waals surface area (Å²) in [6.45, 7) is 6.45. The van der Waals surface area contributed by atoms with Gasteiger partial charge >= 0.3 is 0 Å². The van der Waals surface area contributed by atoms with Crippen molar-refractivity contribution in [3.05, 3.63) is 0 Å². The molecule has 1 aliphatic heterocycles. The van der Waals surface area contributed by atoms with Gasteiger partial charge in [-0.1, -0.05) is 26.7 Å². The van der Waals surface area contributed by atoms with E-state index in [4.69, 9.17) is 5.11 Å². The first-order valence-corrected chi connectivity index (χ1v) is 8.82. The van der Waals surface area contributed by atoms with E-state index in [1.807, 2.05) is 0 Å². The summed E-state index contributed by atoms with van der Waals surface area (Å²) >= 11 is 0. The lowest BCUT2D eigenvalue weighted by Crippen LogP contribution is -2.43. The van der Waals surface area contributed by atoms with E-state index in [0.717, 1.165) is 32.1 Å². The Morgan fingerprint density at radius 1 is 1.21 bits per heavy atom. The molecule has 1 aliphatic rings. The lowest BCUT2D eigenvalue weighted by molar-refractivity contribution is 0.232. The number of aliphatic hydroxyl groups is 1. The summed E-state index contributed by atoms with van der Waals surface area (Å²) in [5.41, 5.74) is 0. The second-order valence-corrected chi connectivity index (χ2v) is 7.24. The second-order valence-electron chi connectivity index (χ2n) is 5.31. The fourth-order valence-electron chi connectivity index (χ4n) is 2.33. The zero-order valence-corrected chi connectivity index (χ0v) is 13.0. The van der Waals surface area contributed by atoms with Crippen LogP contribution in [0.25, 0.3) is 0 Å². The average Bonchev–Trinajstić information content (AvgIpc) is 2.88. The van der Waals surface area contributed by atoms with Crippen LogP contribution in [0.3, 0.4) is 0 Å². The summed E-state index contributed by atoms with van der Waals surface area (Å²) in [4.78, 5) is 0. The molecule has 0 bridgehead atoms. The van der Waals surface area contributed by atoms with Crippen LogP contribution in [0.2, 0.25) is 0 Å². The molecular weight excluding hydrogens is 264 g/mol. The zero-order valence-electron chi connectivity index (χ0n) is 12.2. The highest BCUT2D eigenvalue weighted by Gasteiger charge is 2.34. The van der Waals surface area contributed by atoms with Crippen molar-refractivity contribution in [1.82, 2.24) is 8.61 Å². The van der Waals surface area contributed by atoms with Crippen molar-refractivity contribution < 1.29 is 13.5 Å². The van der Waals surface area contributed by atoms with Crippen LogP contribution in [0.5, 0.6) is 0 Å². The zero-order chi connectivity index (χ0) is 14.3. The fourth-order valence-corrected chi connectivity index (χ4v) is 4.11. The lowest BCUT2D eigenvalue weighted by atomic mass is 10.1. The van der Waals surface area contributed by atoms with E-state index in [-0.39, 0.29) is 12.5 Å². The van der Waals surface area contributed by atoms with Crippen molar-refractivity contribution >= 4 is 10.2 Å². The van der Waals surface area contributed by atoms with Crippen LogP contribution in [0.15, 0.2) is 0 Å². The first kappa shape index (κ1) is 16.9. The van der Waals surface area contributed by atoms with Gasteiger partial charge in [-0.25, -0.2) is 0 Å². The number of unbranched alkanes of at least 4 members (excludes halogenated alkanes) is 2. The first-order valence-electron chi connectivity index (χ1n) is 7.42. The SMILES string of the molecule is CCCCN(CCCC)S(=O)(=O)N1CC[C@H](CO)C1. The van der Waals surface area contributed by atoms with Crippen molar-refractivity contribution in [2.24, 2.45) is 5.92 Å². The number of hydrogen-bond acceptors (Lipinski definition) is 3. The Morgan fingerprint density at radius 2 is 1.79 bits per heavy atom. The van der Waals surface area contributed by atoms with Gasteiger partial charge in [0.2, 0.25) is 0 Å². The van der Waals surface area contributed by atoms with E-state index in [1.54, 1.807) is 8.61 Å². The number of nitrogens with zero attached hydrogens (tertiary/aromatic N) is 2. The van der Waals surface area contributed by atoms with E-state index < -0.39 is 10.2 Å². The third kappa shape index (κ3) is 4.70. The van der Waals surface area contributed by atoms with Crippen molar-refractivity contribution in [3.63, 3.8) is 0 Å². The number of aliphatic hydroxyl groups excluding tert-OH is 1. The monoisotopic (exact) mass is 292 g/mol. The molecule has 0 aromatic carbocycles. The van der Waals surface area contributed by atoms with E-state index in [9.17, 15) is 8.42 Å². The molecule has 0 amide bonds. The summed E-state index contributed by atoms with van der Waals surface area (Å²) < 4.78 is 28.3. The molecule has 5 nitrogen and oxygen atoms in total. The van der Waals surface area contributed by atoms with Crippen LogP contribution >= 0.6 is 0 Å². The quantitative estimate of drug-likeness (QED) is 0.699. The Morgan fingerprint density at radius 3 is 2.21 bits per heavy atom. The summed E-state index contributed by atoms with van der Waals surface area (Å²) in [5.74, 6) is 0.106. The largest absolute Gasteiger partial charge is 0.396 e. The van der Waals surface area contributed by atoms with Crippen LogP contribution in [-0.4, -0.2) is 54.9 Å². The highest BCUT2D eigenvalue weighted by atomic mass is 32.2. The molecule has 0 aliphatic carbocycles. The standard InChI is InChI=1S/C13H28N2O3S/c1-3-5-8-14(9-6-4-2)19(17,18)15-10-7-13(11-15)12-16/h13,16H,3-12H2,1-2H3/t13-/m0/s1. The Balaban J connectivity index is 2.68. The van der Waals surface area contributed by atoms with Crippen molar-refractivity contribution in [2.45, 2.75) is 46.0 Å². The topological polar surface area (TPSA) is 60.9 Å². The summed E-state index contributed by atoms with van der Waals surface area (Å²) in [5, 5.41) is 9.14. The molecule has 6 heteroatoms. The molecule has 19 heavy (non-hydrogen) atoms. The highest BCUT2D eigenvalue weighted by Crippen LogP contribution is 2.21. The van der Waals surface area contributed by atoms with Gasteiger partial charge in [-0.15, -0.1) is 0 Å². The average molecular weight is 292 g/mol. The fraction of sp³-hybridized carbons (Fsp3) is 1.00. The first-order chi connectivity index (χ1) is 9.06. The van der Waals surface area contributed by atoms with Crippen LogP contribution in [-0.2, 0) is 10.2 Å². The minimum absolute atomic E-state index is 0.0793. The molecular formula is C13H28N2O3S. The Bertz CT molecular complexity index is 338. The van der Waals surface area contributed by atoms with Crippen LogP contribution < -0.4 is 0 Å². The van der Waals surface area contributed by atoms with Crippen LogP contribution in [0, 0.1) is 5.92 Å². The predicted molar refractivity (Wildman–Crippen MR) is 77.1 cm³/mol.